The maximum absolute atomic E-state index is 13.1. The van der Waals surface area contributed by atoms with Crippen LogP contribution in [0.5, 0.6) is 0 Å². The highest BCUT2D eigenvalue weighted by Crippen LogP contribution is 2.38. The minimum Gasteiger partial charge on any atom is -0.371 e. The molecular formula is C20H17N3O4S2. The minimum absolute atomic E-state index is 0.0557. The Morgan fingerprint density at radius 3 is 2.79 bits per heavy atom. The Hall–Kier alpha value is -2.77. The first kappa shape index (κ1) is 19.5. The molecule has 9 heteroatoms. The number of carbonyl (C=O) groups excluding carboxylic acids is 1. The monoisotopic (exact) mass is 427 g/mol. The molecule has 29 heavy (non-hydrogen) atoms. The average molecular weight is 428 g/mol. The van der Waals surface area contributed by atoms with Crippen molar-refractivity contribution >= 4 is 37.4 Å². The number of sulfonamides is 1. The summed E-state index contributed by atoms with van der Waals surface area (Å²) < 4.78 is 34.3. The maximum atomic E-state index is 13.1. The number of rotatable bonds is 4. The zero-order valence-corrected chi connectivity index (χ0v) is 16.9. The Morgan fingerprint density at radius 1 is 1.24 bits per heavy atom. The second-order valence-electron chi connectivity index (χ2n) is 6.57. The van der Waals surface area contributed by atoms with E-state index >= 15 is 0 Å². The number of hydrogen-bond donors (Lipinski definition) is 1. The zero-order chi connectivity index (χ0) is 20.6. The summed E-state index contributed by atoms with van der Waals surface area (Å²) in [6.45, 7) is 0.425. The highest BCUT2D eigenvalue weighted by molar-refractivity contribution is 7.89. The molecule has 0 saturated carbocycles. The summed E-state index contributed by atoms with van der Waals surface area (Å²) in [4.78, 5) is 12.5. The van der Waals surface area contributed by atoms with Crippen LogP contribution in [0.4, 0.5) is 0 Å². The van der Waals surface area contributed by atoms with Gasteiger partial charge in [-0.1, -0.05) is 24.3 Å². The predicted molar refractivity (Wildman–Crippen MR) is 109 cm³/mol. The summed E-state index contributed by atoms with van der Waals surface area (Å²) in [7, 11) is -3.82. The molecule has 1 saturated heterocycles. The number of hydrogen-bond acceptors (Lipinski definition) is 6. The van der Waals surface area contributed by atoms with Crippen molar-refractivity contribution < 1.29 is 17.9 Å². The third-order valence-electron chi connectivity index (χ3n) is 4.81. The second kappa shape index (κ2) is 7.57. The minimum atomic E-state index is -3.82. The Kier molecular flexibility index (Phi) is 5.10. The second-order valence-corrected chi connectivity index (χ2v) is 9.56. The van der Waals surface area contributed by atoms with E-state index in [9.17, 15) is 13.2 Å². The van der Waals surface area contributed by atoms with E-state index in [2.05, 4.69) is 0 Å². The van der Waals surface area contributed by atoms with Gasteiger partial charge in [0.25, 0.3) is 5.91 Å². The molecular weight excluding hydrogens is 410 g/mol. The van der Waals surface area contributed by atoms with Crippen LogP contribution in [0.1, 0.15) is 26.9 Å². The lowest BCUT2D eigenvalue weighted by Crippen LogP contribution is -2.42. The lowest BCUT2D eigenvalue weighted by atomic mass is 10.0. The Morgan fingerprint density at radius 2 is 2.03 bits per heavy atom. The van der Waals surface area contributed by atoms with E-state index in [0.717, 1.165) is 10.1 Å². The fraction of sp³-hybridized carbons (Fsp3) is 0.200. The molecule has 3 aromatic rings. The lowest BCUT2D eigenvalue weighted by molar-refractivity contribution is -0.00188. The van der Waals surface area contributed by atoms with Crippen LogP contribution in [0.15, 0.2) is 53.4 Å². The van der Waals surface area contributed by atoms with E-state index in [0.29, 0.717) is 10.4 Å². The third kappa shape index (κ3) is 3.52. The molecule has 0 bridgehead atoms. The van der Waals surface area contributed by atoms with Gasteiger partial charge < -0.3 is 10.5 Å². The zero-order valence-electron chi connectivity index (χ0n) is 15.2. The predicted octanol–water partition coefficient (Wildman–Crippen LogP) is 2.63. The van der Waals surface area contributed by atoms with Crippen molar-refractivity contribution in [3.05, 3.63) is 64.5 Å². The highest BCUT2D eigenvalue weighted by atomic mass is 32.2. The number of thiophene rings is 1. The van der Waals surface area contributed by atoms with Crippen molar-refractivity contribution in [1.82, 2.24) is 4.31 Å². The fourth-order valence-corrected chi connectivity index (χ4v) is 6.04. The van der Waals surface area contributed by atoms with Gasteiger partial charge in [-0.05, 0) is 29.7 Å². The van der Waals surface area contributed by atoms with Crippen molar-refractivity contribution in [1.29, 1.82) is 5.26 Å². The van der Waals surface area contributed by atoms with Gasteiger partial charge >= 0.3 is 0 Å². The molecule has 2 heterocycles. The molecule has 2 N–H and O–H groups in total. The highest BCUT2D eigenvalue weighted by Gasteiger charge is 2.34. The number of nitrogens with two attached hydrogens (primary N) is 1. The van der Waals surface area contributed by atoms with Gasteiger partial charge in [-0.25, -0.2) is 8.42 Å². The van der Waals surface area contributed by atoms with Crippen molar-refractivity contribution in [2.45, 2.75) is 11.0 Å². The Labute approximate surface area is 172 Å². The number of benzene rings is 2. The first-order valence-electron chi connectivity index (χ1n) is 8.85. The average Bonchev–Trinajstić information content (AvgIpc) is 3.14. The quantitative estimate of drug-likeness (QED) is 0.688. The van der Waals surface area contributed by atoms with Crippen LogP contribution < -0.4 is 5.73 Å². The van der Waals surface area contributed by atoms with E-state index < -0.39 is 22.0 Å². The summed E-state index contributed by atoms with van der Waals surface area (Å²) >= 11 is 1.28. The summed E-state index contributed by atoms with van der Waals surface area (Å²) in [6.07, 6.45) is -0.615. The molecule has 1 atom stereocenters. The van der Waals surface area contributed by atoms with Gasteiger partial charge in [-0.15, -0.1) is 11.3 Å². The molecule has 1 aliphatic rings. The normalized spacial score (nSPS) is 17.8. The number of nitriles is 1. The van der Waals surface area contributed by atoms with Crippen LogP contribution >= 0.6 is 11.3 Å². The van der Waals surface area contributed by atoms with E-state index in [4.69, 9.17) is 15.7 Å². The van der Waals surface area contributed by atoms with Gasteiger partial charge in [0.2, 0.25) is 10.0 Å². The van der Waals surface area contributed by atoms with E-state index in [1.54, 1.807) is 12.1 Å². The smallest absolute Gasteiger partial charge is 0.259 e. The molecule has 1 unspecified atom stereocenters. The molecule has 148 valence electrons. The summed E-state index contributed by atoms with van der Waals surface area (Å²) in [5.74, 6) is -0.563. The summed E-state index contributed by atoms with van der Waals surface area (Å²) in [6, 6.07) is 15.4. The van der Waals surface area contributed by atoms with Crippen LogP contribution in [0.25, 0.3) is 10.1 Å². The molecule has 2 aromatic carbocycles. The Bertz CT molecular complexity index is 1240. The van der Waals surface area contributed by atoms with Gasteiger partial charge in [-0.2, -0.15) is 9.57 Å². The maximum Gasteiger partial charge on any atom is 0.259 e. The molecule has 1 amide bonds. The van der Waals surface area contributed by atoms with Crippen molar-refractivity contribution in [2.75, 3.05) is 19.7 Å². The van der Waals surface area contributed by atoms with Gasteiger partial charge in [0, 0.05) is 23.4 Å². The van der Waals surface area contributed by atoms with Crippen LogP contribution in [-0.4, -0.2) is 38.3 Å². The van der Waals surface area contributed by atoms with E-state index in [1.807, 2.05) is 30.3 Å². The number of amides is 1. The number of ether oxygens (including phenoxy) is 1. The molecule has 0 spiro atoms. The standard InChI is InChI=1S/C20H17N3O4S2/c21-11-13-4-3-5-14(10-13)29(25,26)23-8-9-27-16(12-23)18-15-6-1-2-7-17(15)28-19(18)20(22)24/h1-7,10,16H,8-9,12H2,(H2,22,24). The largest absolute Gasteiger partial charge is 0.371 e. The molecule has 7 nitrogen and oxygen atoms in total. The third-order valence-corrected chi connectivity index (χ3v) is 7.87. The molecule has 1 fully saturated rings. The first-order chi connectivity index (χ1) is 13.9. The topological polar surface area (TPSA) is 113 Å². The number of fused-ring (bicyclic) bond motifs is 1. The van der Waals surface area contributed by atoms with E-state index in [1.165, 1.54) is 27.8 Å². The van der Waals surface area contributed by atoms with Crippen LogP contribution in [0, 0.1) is 11.3 Å². The Balaban J connectivity index is 1.73. The van der Waals surface area contributed by atoms with Gasteiger partial charge in [0.05, 0.1) is 34.1 Å². The molecule has 4 rings (SSSR count). The van der Waals surface area contributed by atoms with Gasteiger partial charge in [0.1, 0.15) is 0 Å². The number of morpholine rings is 1. The molecule has 0 radical (unpaired) electrons. The number of carbonyl (C=O) groups is 1. The van der Waals surface area contributed by atoms with E-state index in [-0.39, 0.29) is 30.2 Å². The van der Waals surface area contributed by atoms with Gasteiger partial charge in [-0.3, -0.25) is 4.79 Å². The van der Waals surface area contributed by atoms with Crippen LogP contribution in [-0.2, 0) is 14.8 Å². The molecule has 1 aromatic heterocycles. The van der Waals surface area contributed by atoms with Crippen molar-refractivity contribution in [3.8, 4) is 6.07 Å². The summed E-state index contributed by atoms with van der Waals surface area (Å²) in [5.41, 5.74) is 6.48. The number of nitrogens with zero attached hydrogens (tertiary/aromatic N) is 2. The van der Waals surface area contributed by atoms with Crippen molar-refractivity contribution in [2.24, 2.45) is 5.73 Å². The summed E-state index contributed by atoms with van der Waals surface area (Å²) in [5, 5.41) is 9.90. The van der Waals surface area contributed by atoms with Gasteiger partial charge in [0.15, 0.2) is 0 Å². The number of primary amides is 1. The molecule has 0 aliphatic carbocycles. The first-order valence-corrected chi connectivity index (χ1v) is 11.1. The SMILES string of the molecule is N#Cc1cccc(S(=O)(=O)N2CCOC(c3c(C(N)=O)sc4ccccc34)C2)c1. The van der Waals surface area contributed by atoms with Crippen molar-refractivity contribution in [3.63, 3.8) is 0 Å². The molecule has 1 aliphatic heterocycles. The van der Waals surface area contributed by atoms with Crippen LogP contribution in [0.2, 0.25) is 0 Å². The fourth-order valence-electron chi connectivity index (χ4n) is 3.46. The van der Waals surface area contributed by atoms with Crippen LogP contribution in [0.3, 0.4) is 0 Å². The lowest BCUT2D eigenvalue weighted by Gasteiger charge is -2.32.